The number of benzene rings is 1. The first-order valence-electron chi connectivity index (χ1n) is 9.72. The molecule has 0 bridgehead atoms. The summed E-state index contributed by atoms with van der Waals surface area (Å²) in [5, 5.41) is 1.68. The molecule has 2 N–H and O–H groups in total. The van der Waals surface area contributed by atoms with Crippen LogP contribution in [0.5, 0.6) is 0 Å². The number of ketones is 2. The van der Waals surface area contributed by atoms with Crippen LogP contribution in [-0.4, -0.2) is 16.6 Å². The molecular weight excluding hydrogens is 336 g/mol. The molecule has 0 spiro atoms. The third kappa shape index (κ3) is 2.96. The Hall–Kier alpha value is -2.20. The highest BCUT2D eigenvalue weighted by Gasteiger charge is 2.48. The lowest BCUT2D eigenvalue weighted by atomic mass is 9.64. The Morgan fingerprint density at radius 1 is 0.815 bits per heavy atom. The zero-order chi connectivity index (χ0) is 19.6. The van der Waals surface area contributed by atoms with E-state index in [0.29, 0.717) is 12.8 Å². The molecule has 0 saturated heterocycles. The summed E-state index contributed by atoms with van der Waals surface area (Å²) in [6, 6.07) is 9.94. The van der Waals surface area contributed by atoms with Gasteiger partial charge in [0.1, 0.15) is 0 Å². The lowest BCUT2D eigenvalue weighted by Gasteiger charge is -2.47. The van der Waals surface area contributed by atoms with Gasteiger partial charge in [0.2, 0.25) is 0 Å². The molecule has 27 heavy (non-hydrogen) atoms. The molecule has 1 heterocycles. The fourth-order valence-corrected chi connectivity index (χ4v) is 4.97. The van der Waals surface area contributed by atoms with Gasteiger partial charge in [-0.25, -0.2) is 5.84 Å². The summed E-state index contributed by atoms with van der Waals surface area (Å²) in [6.45, 7) is 8.44. The van der Waals surface area contributed by atoms with Crippen molar-refractivity contribution in [3.8, 4) is 0 Å². The number of rotatable bonds is 1. The van der Waals surface area contributed by atoms with Gasteiger partial charge in [-0.15, -0.1) is 0 Å². The molecule has 142 valence electrons. The highest BCUT2D eigenvalue weighted by Crippen LogP contribution is 2.53. The van der Waals surface area contributed by atoms with Crippen molar-refractivity contribution in [1.29, 1.82) is 0 Å². The predicted molar refractivity (Wildman–Crippen MR) is 105 cm³/mol. The van der Waals surface area contributed by atoms with Crippen LogP contribution in [0, 0.1) is 10.8 Å². The van der Waals surface area contributed by atoms with Crippen LogP contribution in [0.4, 0.5) is 0 Å². The summed E-state index contributed by atoms with van der Waals surface area (Å²) in [5.41, 5.74) is 4.02. The first-order valence-corrected chi connectivity index (χ1v) is 9.72. The monoisotopic (exact) mass is 364 g/mol. The number of carbonyl (C=O) groups is 2. The Kier molecular flexibility index (Phi) is 3.97. The van der Waals surface area contributed by atoms with Crippen LogP contribution in [0.25, 0.3) is 0 Å². The van der Waals surface area contributed by atoms with Crippen LogP contribution in [0.3, 0.4) is 0 Å². The summed E-state index contributed by atoms with van der Waals surface area (Å²) in [6.07, 6.45) is 2.48. The lowest BCUT2D eigenvalue weighted by molar-refractivity contribution is -0.119. The van der Waals surface area contributed by atoms with E-state index in [-0.39, 0.29) is 28.3 Å². The molecule has 0 fully saturated rings. The molecule has 4 rings (SSSR count). The molecule has 0 atom stereocenters. The standard InChI is InChI=1S/C23H28N2O2/c1-22(2)10-15-20(17(26)12-22)19(14-8-6-5-7-9-14)21-16(25(15)24)11-23(3,4)13-18(21)27/h5-9,19H,10-13,24H2,1-4H3. The summed E-state index contributed by atoms with van der Waals surface area (Å²) in [4.78, 5) is 26.4. The summed E-state index contributed by atoms with van der Waals surface area (Å²) in [5.74, 6) is 6.52. The summed E-state index contributed by atoms with van der Waals surface area (Å²) in [7, 11) is 0. The van der Waals surface area contributed by atoms with E-state index in [0.717, 1.165) is 40.9 Å². The molecule has 0 radical (unpaired) electrons. The van der Waals surface area contributed by atoms with Crippen molar-refractivity contribution in [2.45, 2.75) is 59.3 Å². The Morgan fingerprint density at radius 2 is 1.26 bits per heavy atom. The fourth-order valence-electron chi connectivity index (χ4n) is 4.97. The van der Waals surface area contributed by atoms with Gasteiger partial charge in [-0.3, -0.25) is 14.6 Å². The Bertz CT molecular complexity index is 836. The number of Topliss-reactive ketones (excluding diaryl/α,β-unsaturated/α-hetero) is 2. The molecule has 1 aromatic rings. The molecule has 2 aliphatic carbocycles. The van der Waals surface area contributed by atoms with Crippen LogP contribution in [0.2, 0.25) is 0 Å². The van der Waals surface area contributed by atoms with E-state index in [2.05, 4.69) is 27.7 Å². The third-order valence-corrected chi connectivity index (χ3v) is 6.08. The molecule has 0 saturated carbocycles. The second-order valence-corrected chi connectivity index (χ2v) is 9.82. The smallest absolute Gasteiger partial charge is 0.162 e. The van der Waals surface area contributed by atoms with E-state index in [1.807, 2.05) is 30.3 Å². The van der Waals surface area contributed by atoms with E-state index in [1.54, 1.807) is 5.01 Å². The van der Waals surface area contributed by atoms with Gasteiger partial charge in [-0.1, -0.05) is 58.0 Å². The van der Waals surface area contributed by atoms with Crippen LogP contribution in [0.15, 0.2) is 52.9 Å². The molecule has 1 aliphatic heterocycles. The second-order valence-electron chi connectivity index (χ2n) is 9.82. The predicted octanol–water partition coefficient (Wildman–Crippen LogP) is 4.25. The van der Waals surface area contributed by atoms with Gasteiger partial charge in [-0.05, 0) is 29.2 Å². The maximum absolute atomic E-state index is 13.2. The van der Waals surface area contributed by atoms with Crippen molar-refractivity contribution >= 4 is 11.6 Å². The van der Waals surface area contributed by atoms with E-state index < -0.39 is 0 Å². The minimum atomic E-state index is -0.289. The number of nitrogens with two attached hydrogens (primary N) is 1. The maximum atomic E-state index is 13.2. The Balaban J connectivity index is 1.96. The van der Waals surface area contributed by atoms with Crippen LogP contribution in [0.1, 0.15) is 64.9 Å². The van der Waals surface area contributed by atoms with Crippen LogP contribution >= 0.6 is 0 Å². The second kappa shape index (κ2) is 5.90. The van der Waals surface area contributed by atoms with E-state index in [9.17, 15) is 9.59 Å². The maximum Gasteiger partial charge on any atom is 0.162 e. The topological polar surface area (TPSA) is 63.4 Å². The molecular formula is C23H28N2O2. The normalized spacial score (nSPS) is 24.9. The number of hydrogen-bond donors (Lipinski definition) is 1. The van der Waals surface area contributed by atoms with Crippen LogP contribution < -0.4 is 5.84 Å². The van der Waals surface area contributed by atoms with Crippen molar-refractivity contribution in [1.82, 2.24) is 5.01 Å². The molecule has 1 aromatic carbocycles. The van der Waals surface area contributed by atoms with Gasteiger partial charge in [0.25, 0.3) is 0 Å². The number of allylic oxidation sites excluding steroid dienone is 4. The van der Waals surface area contributed by atoms with Crippen molar-refractivity contribution in [3.05, 3.63) is 58.4 Å². The average Bonchev–Trinajstić information content (AvgIpc) is 2.56. The van der Waals surface area contributed by atoms with Gasteiger partial charge < -0.3 is 0 Å². The first-order chi connectivity index (χ1) is 12.6. The molecule has 0 aromatic heterocycles. The number of hydrazine groups is 1. The minimum absolute atomic E-state index is 0.120. The van der Waals surface area contributed by atoms with Gasteiger partial charge in [0.05, 0.1) is 0 Å². The molecule has 0 unspecified atom stereocenters. The zero-order valence-corrected chi connectivity index (χ0v) is 16.6. The lowest BCUT2D eigenvalue weighted by Crippen LogP contribution is -2.46. The van der Waals surface area contributed by atoms with Crippen molar-refractivity contribution in [2.24, 2.45) is 16.7 Å². The number of hydrogen-bond acceptors (Lipinski definition) is 4. The average molecular weight is 364 g/mol. The van der Waals surface area contributed by atoms with Crippen LogP contribution in [-0.2, 0) is 9.59 Å². The number of carbonyl (C=O) groups excluding carboxylic acids is 2. The van der Waals surface area contributed by atoms with Crippen molar-refractivity contribution in [2.75, 3.05) is 0 Å². The van der Waals surface area contributed by atoms with Gasteiger partial charge in [-0.2, -0.15) is 0 Å². The quantitative estimate of drug-likeness (QED) is 0.757. The van der Waals surface area contributed by atoms with Gasteiger partial charge in [0, 0.05) is 41.3 Å². The van der Waals surface area contributed by atoms with Gasteiger partial charge in [0.15, 0.2) is 11.6 Å². The largest absolute Gasteiger partial charge is 0.294 e. The fraction of sp³-hybridized carbons (Fsp3) is 0.478. The SMILES string of the molecule is CC1(C)CC(=O)C2=C(C1)N(N)C1=C(C(=O)CC(C)(C)C1)C2c1ccccc1. The minimum Gasteiger partial charge on any atom is -0.294 e. The van der Waals surface area contributed by atoms with Crippen molar-refractivity contribution in [3.63, 3.8) is 0 Å². The number of nitrogens with zero attached hydrogens (tertiary/aromatic N) is 1. The van der Waals surface area contributed by atoms with Crippen molar-refractivity contribution < 1.29 is 9.59 Å². The highest BCUT2D eigenvalue weighted by atomic mass is 16.1. The van der Waals surface area contributed by atoms with E-state index in [4.69, 9.17) is 5.84 Å². The van der Waals surface area contributed by atoms with Gasteiger partial charge >= 0.3 is 0 Å². The summed E-state index contributed by atoms with van der Waals surface area (Å²) < 4.78 is 0. The zero-order valence-electron chi connectivity index (χ0n) is 16.6. The first kappa shape index (κ1) is 18.2. The molecule has 4 heteroatoms. The molecule has 3 aliphatic rings. The summed E-state index contributed by atoms with van der Waals surface area (Å²) >= 11 is 0. The third-order valence-electron chi connectivity index (χ3n) is 6.08. The molecule has 4 nitrogen and oxygen atoms in total. The Morgan fingerprint density at radius 3 is 1.70 bits per heavy atom. The Labute approximate surface area is 161 Å². The van der Waals surface area contributed by atoms with E-state index >= 15 is 0 Å². The molecule has 0 amide bonds. The highest BCUT2D eigenvalue weighted by molar-refractivity contribution is 6.06. The van der Waals surface area contributed by atoms with E-state index in [1.165, 1.54) is 0 Å².